The summed E-state index contributed by atoms with van der Waals surface area (Å²) in [5.74, 6) is 0.0962. The summed E-state index contributed by atoms with van der Waals surface area (Å²) in [5.41, 5.74) is 1.09. The van der Waals surface area contributed by atoms with Crippen LogP contribution in [0.3, 0.4) is 0 Å². The lowest BCUT2D eigenvalue weighted by Gasteiger charge is -2.16. The number of hydrogen-bond acceptors (Lipinski definition) is 2. The van der Waals surface area contributed by atoms with Gasteiger partial charge in [0.15, 0.2) is 0 Å². The molecular weight excluding hydrogens is 212 g/mol. The molecule has 17 heavy (non-hydrogen) atoms. The van der Waals surface area contributed by atoms with E-state index in [9.17, 15) is 4.79 Å². The second-order valence-corrected chi connectivity index (χ2v) is 4.47. The van der Waals surface area contributed by atoms with Crippen LogP contribution in [0.4, 0.5) is 0 Å². The molecule has 0 radical (unpaired) electrons. The van der Waals surface area contributed by atoms with E-state index in [2.05, 4.69) is 10.2 Å². The van der Waals surface area contributed by atoms with E-state index in [1.165, 1.54) is 0 Å². The molecule has 0 spiro atoms. The summed E-state index contributed by atoms with van der Waals surface area (Å²) in [6.07, 6.45) is 0.831. The van der Waals surface area contributed by atoms with Crippen molar-refractivity contribution in [3.05, 3.63) is 35.9 Å². The van der Waals surface area contributed by atoms with E-state index in [0.29, 0.717) is 6.54 Å². The first kappa shape index (κ1) is 13.7. The minimum Gasteiger partial charge on any atom is -0.354 e. The molecule has 0 aromatic heterocycles. The maximum Gasteiger partial charge on any atom is 0.227 e. The number of carbonyl (C=O) groups is 1. The second-order valence-electron chi connectivity index (χ2n) is 4.47. The Morgan fingerprint density at radius 2 is 1.94 bits per heavy atom. The van der Waals surface area contributed by atoms with Gasteiger partial charge in [0.25, 0.3) is 0 Å². The third-order valence-corrected chi connectivity index (χ3v) is 2.78. The minimum absolute atomic E-state index is 0.0293. The smallest absolute Gasteiger partial charge is 0.227 e. The molecule has 1 aromatic rings. The summed E-state index contributed by atoms with van der Waals surface area (Å²) >= 11 is 0. The van der Waals surface area contributed by atoms with Crippen LogP contribution in [-0.4, -0.2) is 38.0 Å². The average Bonchev–Trinajstić information content (AvgIpc) is 2.31. The normalized spacial score (nSPS) is 12.5. The summed E-state index contributed by atoms with van der Waals surface area (Å²) in [4.78, 5) is 14.1. The largest absolute Gasteiger partial charge is 0.354 e. The van der Waals surface area contributed by atoms with Crippen molar-refractivity contribution in [1.29, 1.82) is 0 Å². The topological polar surface area (TPSA) is 32.3 Å². The quantitative estimate of drug-likeness (QED) is 0.815. The van der Waals surface area contributed by atoms with Crippen molar-refractivity contribution < 1.29 is 4.79 Å². The lowest BCUT2D eigenvalue weighted by atomic mass is 9.96. The van der Waals surface area contributed by atoms with Gasteiger partial charge in [0.05, 0.1) is 5.92 Å². The van der Waals surface area contributed by atoms with Crippen molar-refractivity contribution in [3.63, 3.8) is 0 Å². The van der Waals surface area contributed by atoms with Crippen molar-refractivity contribution in [1.82, 2.24) is 10.2 Å². The molecule has 0 bridgehead atoms. The third kappa shape index (κ3) is 4.57. The molecule has 0 aliphatic carbocycles. The van der Waals surface area contributed by atoms with Gasteiger partial charge >= 0.3 is 0 Å². The third-order valence-electron chi connectivity index (χ3n) is 2.78. The van der Waals surface area contributed by atoms with Gasteiger partial charge in [0.2, 0.25) is 5.91 Å². The van der Waals surface area contributed by atoms with Crippen molar-refractivity contribution >= 4 is 5.91 Å². The Labute approximate surface area is 104 Å². The van der Waals surface area contributed by atoms with Crippen LogP contribution in [0.15, 0.2) is 30.3 Å². The molecule has 1 amide bonds. The monoisotopic (exact) mass is 234 g/mol. The summed E-state index contributed by atoms with van der Waals surface area (Å²) in [6, 6.07) is 9.95. The minimum atomic E-state index is -0.0293. The van der Waals surface area contributed by atoms with Crippen LogP contribution in [0.1, 0.15) is 24.8 Å². The fourth-order valence-electron chi connectivity index (χ4n) is 1.78. The van der Waals surface area contributed by atoms with Crippen LogP contribution < -0.4 is 5.32 Å². The molecule has 1 atom stereocenters. The number of carbonyl (C=O) groups excluding carboxylic acids is 1. The van der Waals surface area contributed by atoms with Crippen LogP contribution in [0.25, 0.3) is 0 Å². The molecular formula is C14H22N2O. The molecule has 0 aliphatic rings. The molecule has 94 valence electrons. The van der Waals surface area contributed by atoms with Crippen LogP contribution in [0.2, 0.25) is 0 Å². The maximum absolute atomic E-state index is 12.0. The van der Waals surface area contributed by atoms with Crippen LogP contribution in [0.5, 0.6) is 0 Å². The van der Waals surface area contributed by atoms with Crippen molar-refractivity contribution in [3.8, 4) is 0 Å². The van der Waals surface area contributed by atoms with Crippen LogP contribution >= 0.6 is 0 Å². The highest BCUT2D eigenvalue weighted by Crippen LogP contribution is 2.18. The average molecular weight is 234 g/mol. The Kier molecular flexibility index (Phi) is 5.70. The number of rotatable bonds is 6. The molecule has 1 N–H and O–H groups in total. The molecule has 3 heteroatoms. The Balaban J connectivity index is 2.53. The van der Waals surface area contributed by atoms with Gasteiger partial charge in [0.1, 0.15) is 0 Å². The van der Waals surface area contributed by atoms with Gasteiger partial charge < -0.3 is 10.2 Å². The summed E-state index contributed by atoms with van der Waals surface area (Å²) in [6.45, 7) is 3.62. The summed E-state index contributed by atoms with van der Waals surface area (Å²) in [5, 5.41) is 2.98. The number of likely N-dealkylation sites (N-methyl/N-ethyl adjacent to an activating group) is 1. The van der Waals surface area contributed by atoms with Gasteiger partial charge in [-0.2, -0.15) is 0 Å². The molecule has 0 fully saturated rings. The van der Waals surface area contributed by atoms with Gasteiger partial charge in [-0.05, 0) is 26.1 Å². The Morgan fingerprint density at radius 1 is 1.29 bits per heavy atom. The van der Waals surface area contributed by atoms with Gasteiger partial charge in [-0.15, -0.1) is 0 Å². The van der Waals surface area contributed by atoms with E-state index in [4.69, 9.17) is 0 Å². The Hall–Kier alpha value is -1.35. The lowest BCUT2D eigenvalue weighted by Crippen LogP contribution is -2.34. The summed E-state index contributed by atoms with van der Waals surface area (Å²) < 4.78 is 0. The lowest BCUT2D eigenvalue weighted by molar-refractivity contribution is -0.122. The van der Waals surface area contributed by atoms with E-state index in [1.54, 1.807) is 0 Å². The highest BCUT2D eigenvalue weighted by Gasteiger charge is 2.17. The van der Waals surface area contributed by atoms with Crippen molar-refractivity contribution in [2.24, 2.45) is 0 Å². The number of nitrogens with zero attached hydrogens (tertiary/aromatic N) is 1. The van der Waals surface area contributed by atoms with E-state index in [1.807, 2.05) is 51.4 Å². The highest BCUT2D eigenvalue weighted by molar-refractivity contribution is 5.83. The van der Waals surface area contributed by atoms with Gasteiger partial charge in [0, 0.05) is 13.1 Å². The zero-order valence-corrected chi connectivity index (χ0v) is 10.9. The van der Waals surface area contributed by atoms with Crippen LogP contribution in [0, 0.1) is 0 Å². The molecule has 0 saturated heterocycles. The summed E-state index contributed by atoms with van der Waals surface area (Å²) in [7, 11) is 4.00. The SMILES string of the molecule is CCC(C(=O)NCCN(C)C)c1ccccc1. The van der Waals surface area contributed by atoms with E-state index >= 15 is 0 Å². The number of nitrogens with one attached hydrogen (secondary N) is 1. The first-order valence-corrected chi connectivity index (χ1v) is 6.12. The van der Waals surface area contributed by atoms with Gasteiger partial charge in [-0.3, -0.25) is 4.79 Å². The Bertz CT molecular complexity index is 335. The van der Waals surface area contributed by atoms with Crippen LogP contribution in [-0.2, 0) is 4.79 Å². The zero-order chi connectivity index (χ0) is 12.7. The Morgan fingerprint density at radius 3 is 2.47 bits per heavy atom. The molecule has 0 aliphatic heterocycles. The number of benzene rings is 1. The predicted octanol–water partition coefficient (Wildman–Crippen LogP) is 1.86. The number of hydrogen-bond donors (Lipinski definition) is 1. The molecule has 0 saturated carbocycles. The van der Waals surface area contributed by atoms with E-state index < -0.39 is 0 Å². The van der Waals surface area contributed by atoms with E-state index in [-0.39, 0.29) is 11.8 Å². The molecule has 1 aromatic carbocycles. The molecule has 3 nitrogen and oxygen atoms in total. The number of amides is 1. The van der Waals surface area contributed by atoms with Gasteiger partial charge in [-0.25, -0.2) is 0 Å². The van der Waals surface area contributed by atoms with E-state index in [0.717, 1.165) is 18.5 Å². The standard InChI is InChI=1S/C14H22N2O/c1-4-13(12-8-6-5-7-9-12)14(17)15-10-11-16(2)3/h5-9,13H,4,10-11H2,1-3H3,(H,15,17). The second kappa shape index (κ2) is 7.07. The predicted molar refractivity (Wildman–Crippen MR) is 71.0 cm³/mol. The first-order valence-electron chi connectivity index (χ1n) is 6.12. The molecule has 1 unspecified atom stereocenters. The van der Waals surface area contributed by atoms with Crippen molar-refractivity contribution in [2.75, 3.05) is 27.2 Å². The fraction of sp³-hybridized carbons (Fsp3) is 0.500. The zero-order valence-electron chi connectivity index (χ0n) is 10.9. The first-order chi connectivity index (χ1) is 8.15. The van der Waals surface area contributed by atoms with Gasteiger partial charge in [-0.1, -0.05) is 37.3 Å². The fourth-order valence-corrected chi connectivity index (χ4v) is 1.78. The molecule has 0 heterocycles. The maximum atomic E-state index is 12.0. The molecule has 1 rings (SSSR count). The highest BCUT2D eigenvalue weighted by atomic mass is 16.1. The van der Waals surface area contributed by atoms with Crippen molar-refractivity contribution in [2.45, 2.75) is 19.3 Å².